The first-order valence-corrected chi connectivity index (χ1v) is 12.7. The summed E-state index contributed by atoms with van der Waals surface area (Å²) in [6, 6.07) is 16.4. The van der Waals surface area contributed by atoms with Crippen molar-refractivity contribution in [2.75, 3.05) is 0 Å². The Morgan fingerprint density at radius 3 is 1.78 bits per heavy atom. The molecule has 0 aromatic heterocycles. The van der Waals surface area contributed by atoms with Gasteiger partial charge in [-0.25, -0.2) is 24.1 Å². The third-order valence-electron chi connectivity index (χ3n) is 8.16. The summed E-state index contributed by atoms with van der Waals surface area (Å²) in [5.74, 6) is 0. The van der Waals surface area contributed by atoms with E-state index < -0.39 is 0 Å². The predicted octanol–water partition coefficient (Wildman–Crippen LogP) is 3.27. The molecule has 37 heavy (non-hydrogen) atoms. The van der Waals surface area contributed by atoms with Gasteiger partial charge in [0.15, 0.2) is 0 Å². The smallest absolute Gasteiger partial charge is 1.00 e. The van der Waals surface area contributed by atoms with E-state index in [-0.39, 0.29) is 61.8 Å². The zero-order chi connectivity index (χ0) is 24.4. The summed E-state index contributed by atoms with van der Waals surface area (Å²) in [6.45, 7) is 18.2. The monoisotopic (exact) mass is 606 g/mol. The molecule has 0 atom stereocenters. The molecule has 3 aliphatic rings. The minimum absolute atomic E-state index is 0. The van der Waals surface area contributed by atoms with Gasteiger partial charge in [0.2, 0.25) is 0 Å². The maximum Gasteiger partial charge on any atom is 4.00 e. The molecular weight excluding hydrogens is 571 g/mol. The van der Waals surface area contributed by atoms with E-state index in [1.165, 1.54) is 66.8 Å². The summed E-state index contributed by atoms with van der Waals surface area (Å²) in [5, 5.41) is 0. The molecule has 0 nitrogen and oxygen atoms in total. The van der Waals surface area contributed by atoms with E-state index >= 15 is 0 Å². The third kappa shape index (κ3) is 5.80. The van der Waals surface area contributed by atoms with Crippen molar-refractivity contribution in [1.29, 1.82) is 0 Å². The molecule has 6 rings (SSSR count). The fourth-order valence-electron chi connectivity index (χ4n) is 5.89. The Labute approximate surface area is 256 Å². The molecule has 0 saturated heterocycles. The van der Waals surface area contributed by atoms with Gasteiger partial charge < -0.3 is 24.8 Å². The zero-order valence-electron chi connectivity index (χ0n) is 23.4. The van der Waals surface area contributed by atoms with Crippen molar-refractivity contribution in [3.63, 3.8) is 0 Å². The van der Waals surface area contributed by atoms with Crippen LogP contribution in [0.4, 0.5) is 0 Å². The third-order valence-corrected chi connectivity index (χ3v) is 8.16. The fourth-order valence-corrected chi connectivity index (χ4v) is 5.89. The number of benzene rings is 2. The minimum atomic E-state index is 0. The number of hydrogen-bond acceptors (Lipinski definition) is 0. The van der Waals surface area contributed by atoms with Crippen molar-refractivity contribution >= 4 is 11.1 Å². The molecule has 0 fully saturated rings. The van der Waals surface area contributed by atoms with Crippen molar-refractivity contribution < 1.29 is 51.0 Å². The average molecular weight is 609 g/mol. The van der Waals surface area contributed by atoms with Crippen LogP contribution < -0.4 is 24.8 Å². The Morgan fingerprint density at radius 2 is 1.27 bits per heavy atom. The summed E-state index contributed by atoms with van der Waals surface area (Å²) in [4.78, 5) is 0. The van der Waals surface area contributed by atoms with Crippen LogP contribution in [-0.4, -0.2) is 0 Å². The maximum absolute atomic E-state index is 2.51. The molecule has 3 aliphatic carbocycles. The first-order chi connectivity index (χ1) is 16.0. The van der Waals surface area contributed by atoms with Crippen molar-refractivity contribution in [3.05, 3.63) is 106 Å². The van der Waals surface area contributed by atoms with Gasteiger partial charge in [-0.1, -0.05) is 76.8 Å². The summed E-state index contributed by atoms with van der Waals surface area (Å²) in [6.07, 6.45) is 9.28. The average Bonchev–Trinajstić information content (AvgIpc) is 3.34. The van der Waals surface area contributed by atoms with E-state index in [2.05, 4.69) is 116 Å². The molecule has 0 heterocycles. The van der Waals surface area contributed by atoms with Crippen LogP contribution in [0.15, 0.2) is 54.6 Å². The second kappa shape index (κ2) is 11.4. The quantitative estimate of drug-likeness (QED) is 0.269. The van der Waals surface area contributed by atoms with Crippen LogP contribution in [0.1, 0.15) is 92.5 Å². The summed E-state index contributed by atoms with van der Waals surface area (Å²) >= 11 is 0. The molecule has 3 aromatic carbocycles. The molecule has 0 N–H and O–H groups in total. The summed E-state index contributed by atoms with van der Waals surface area (Å²) in [5.41, 5.74) is 17.7. The Bertz CT molecular complexity index is 1260. The molecule has 0 spiro atoms. The normalized spacial score (nSPS) is 16.8. The van der Waals surface area contributed by atoms with Crippen LogP contribution >= 0.6 is 0 Å². The van der Waals surface area contributed by atoms with Gasteiger partial charge in [0.05, 0.1) is 0 Å². The van der Waals surface area contributed by atoms with E-state index in [1.807, 2.05) is 0 Å². The first kappa shape index (κ1) is 31.8. The van der Waals surface area contributed by atoms with Gasteiger partial charge in [-0.3, -0.25) is 0 Å². The molecule has 0 bridgehead atoms. The molecule has 3 heteroatoms. The fraction of sp³-hybridized carbons (Fsp3) is 0.353. The Balaban J connectivity index is 0.000000422. The van der Waals surface area contributed by atoms with Crippen molar-refractivity contribution in [3.8, 4) is 11.1 Å². The van der Waals surface area contributed by atoms with E-state index in [9.17, 15) is 0 Å². The van der Waals surface area contributed by atoms with Gasteiger partial charge in [0.25, 0.3) is 0 Å². The Kier molecular flexibility index (Phi) is 9.78. The van der Waals surface area contributed by atoms with Crippen molar-refractivity contribution in [2.24, 2.45) is 0 Å². The van der Waals surface area contributed by atoms with Gasteiger partial charge in [-0.15, -0.1) is 12.5 Å². The molecule has 0 saturated carbocycles. The SMILES string of the molecule is CC1=C[CH-]C(C)(C)c2cc3c(cc21)-c1cc2c(cc1C3)C(C)(C)CC=C2C.Cc1c[cH-]c(C)c1.[Cl-].[Cl-].[Zr+4]. The van der Waals surface area contributed by atoms with E-state index in [4.69, 9.17) is 0 Å². The van der Waals surface area contributed by atoms with Gasteiger partial charge >= 0.3 is 26.2 Å². The van der Waals surface area contributed by atoms with Crippen LogP contribution in [0.5, 0.6) is 0 Å². The molecule has 0 unspecified atom stereocenters. The maximum atomic E-state index is 2.51. The standard InChI is InChI=1S/C27H29.C7H9.2ClH.Zr/c1-16-7-9-26(3,4)24-12-18-11-19-13-25-21(17(2)8-10-27(25,5)6)15-23(19)22(18)14-20(16)24;1-6-3-4-7(2)5-6;;;/h7-9,12-15H,10-11H2,1-6H3;3-5H,1-2H3;2*1H;/q2*-1;;;+4/p-2. The summed E-state index contributed by atoms with van der Waals surface area (Å²) in [7, 11) is 0. The van der Waals surface area contributed by atoms with E-state index in [0.29, 0.717) is 0 Å². The first-order valence-electron chi connectivity index (χ1n) is 12.7. The van der Waals surface area contributed by atoms with Crippen molar-refractivity contribution in [1.82, 2.24) is 0 Å². The number of fused-ring (bicyclic) bond motifs is 5. The molecule has 0 amide bonds. The Hall–Kier alpha value is -1.40. The zero-order valence-corrected chi connectivity index (χ0v) is 27.4. The molecule has 192 valence electrons. The van der Waals surface area contributed by atoms with Crippen LogP contribution in [0, 0.1) is 20.3 Å². The van der Waals surface area contributed by atoms with E-state index in [1.54, 1.807) is 0 Å². The molecule has 0 radical (unpaired) electrons. The van der Waals surface area contributed by atoms with Gasteiger partial charge in [-0.05, 0) is 70.2 Å². The summed E-state index contributed by atoms with van der Waals surface area (Å²) < 4.78 is 0. The van der Waals surface area contributed by atoms with Gasteiger partial charge in [-0.2, -0.15) is 23.3 Å². The second-order valence-electron chi connectivity index (χ2n) is 12.0. The number of allylic oxidation sites excluding steroid dienone is 4. The number of hydrogen-bond donors (Lipinski definition) is 0. The van der Waals surface area contributed by atoms with Crippen LogP contribution in [0.25, 0.3) is 22.3 Å². The number of halogens is 2. The van der Waals surface area contributed by atoms with E-state index in [0.717, 1.165) is 12.8 Å². The molecular formula is C34H38Cl2Zr. The van der Waals surface area contributed by atoms with Gasteiger partial charge in [0.1, 0.15) is 0 Å². The largest absolute Gasteiger partial charge is 4.00 e. The minimum Gasteiger partial charge on any atom is -1.00 e. The topological polar surface area (TPSA) is 0 Å². The van der Waals surface area contributed by atoms with Gasteiger partial charge in [0, 0.05) is 0 Å². The second-order valence-corrected chi connectivity index (χ2v) is 12.0. The Morgan fingerprint density at radius 1 is 0.703 bits per heavy atom. The van der Waals surface area contributed by atoms with Crippen molar-refractivity contribution in [2.45, 2.75) is 79.1 Å². The van der Waals surface area contributed by atoms with Crippen LogP contribution in [0.2, 0.25) is 0 Å². The van der Waals surface area contributed by atoms with Crippen LogP contribution in [-0.2, 0) is 43.5 Å². The molecule has 0 aliphatic heterocycles. The molecule has 3 aromatic rings. The number of aryl methyl sites for hydroxylation is 2. The predicted molar refractivity (Wildman–Crippen MR) is 148 cm³/mol. The number of rotatable bonds is 0. The van der Waals surface area contributed by atoms with Crippen LogP contribution in [0.3, 0.4) is 0 Å².